The highest BCUT2D eigenvalue weighted by atomic mass is 19.4. The Bertz CT molecular complexity index is 630. The number of benzene rings is 1. The number of amides is 1. The lowest BCUT2D eigenvalue weighted by atomic mass is 9.96. The minimum atomic E-state index is -4.56. The number of guanidine groups is 1. The maximum absolute atomic E-state index is 13.2. The summed E-state index contributed by atoms with van der Waals surface area (Å²) < 4.78 is 39.7. The summed E-state index contributed by atoms with van der Waals surface area (Å²) in [4.78, 5) is 15.1. The second kappa shape index (κ2) is 7.80. The molecule has 0 saturated carbocycles. The molecule has 0 aliphatic rings. The van der Waals surface area contributed by atoms with E-state index in [2.05, 4.69) is 4.99 Å². The molecule has 4 nitrogen and oxygen atoms in total. The number of aryl methyl sites for hydroxylation is 1. The van der Waals surface area contributed by atoms with Gasteiger partial charge in [-0.25, -0.2) is 0 Å². The van der Waals surface area contributed by atoms with Crippen LogP contribution in [0.2, 0.25) is 0 Å². The highest BCUT2D eigenvalue weighted by Gasteiger charge is 2.34. The number of carbonyl (C=O) groups excluding carboxylic acids is 1. The van der Waals surface area contributed by atoms with Gasteiger partial charge in [-0.05, 0) is 37.0 Å². The molecule has 7 heteroatoms. The molecule has 0 radical (unpaired) electrons. The number of nitrogens with zero attached hydrogens (tertiary/aromatic N) is 1. The third-order valence-electron chi connectivity index (χ3n) is 3.18. The molecule has 0 aromatic heterocycles. The molecule has 0 heterocycles. The first-order valence-corrected chi connectivity index (χ1v) is 7.16. The summed E-state index contributed by atoms with van der Waals surface area (Å²) in [6.07, 6.45) is 0.856. The van der Waals surface area contributed by atoms with Crippen LogP contribution in [0.1, 0.15) is 46.8 Å². The number of allylic oxidation sites excluding steroid dienone is 2. The summed E-state index contributed by atoms with van der Waals surface area (Å²) in [6.45, 7) is 3.54. The topological polar surface area (TPSA) is 81.5 Å². The quantitative estimate of drug-likeness (QED) is 0.494. The number of aliphatic imine (C=N–C) groups is 1. The Hall–Kier alpha value is -2.31. The van der Waals surface area contributed by atoms with E-state index in [1.165, 1.54) is 6.07 Å². The third kappa shape index (κ3) is 5.43. The van der Waals surface area contributed by atoms with Gasteiger partial charge in [-0.15, -0.1) is 0 Å². The van der Waals surface area contributed by atoms with E-state index in [0.717, 1.165) is 18.9 Å². The van der Waals surface area contributed by atoms with Gasteiger partial charge in [-0.1, -0.05) is 31.6 Å². The first-order valence-electron chi connectivity index (χ1n) is 7.16. The van der Waals surface area contributed by atoms with Crippen LogP contribution >= 0.6 is 0 Å². The number of hydrogen-bond acceptors (Lipinski definition) is 1. The normalized spacial score (nSPS) is 11.7. The Morgan fingerprint density at radius 2 is 1.91 bits per heavy atom. The molecule has 1 aromatic carbocycles. The van der Waals surface area contributed by atoms with Crippen LogP contribution in [0, 0.1) is 6.92 Å². The van der Waals surface area contributed by atoms with Gasteiger partial charge < -0.3 is 11.5 Å². The predicted molar refractivity (Wildman–Crippen MR) is 84.1 cm³/mol. The number of unbranched alkanes of at least 4 members (excludes halogenated alkanes) is 1. The molecule has 0 saturated heterocycles. The van der Waals surface area contributed by atoms with E-state index in [1.54, 1.807) is 13.0 Å². The Morgan fingerprint density at radius 3 is 2.43 bits per heavy atom. The standard InChI is InChI=1S/C16H20F3N3O/c1-3-4-5-6-7-11-8-10(2)12(14(23)22-15(20)21)9-13(11)16(17,18)19/h5-6,8-9H,3-4,7H2,1-2H3,(H4,20,21,22,23)/b6-5+. The Labute approximate surface area is 133 Å². The number of alkyl halides is 3. The number of halogens is 3. The van der Waals surface area contributed by atoms with Crippen LogP contribution in [0.4, 0.5) is 13.2 Å². The van der Waals surface area contributed by atoms with Gasteiger partial charge in [0.1, 0.15) is 0 Å². The van der Waals surface area contributed by atoms with Gasteiger partial charge >= 0.3 is 6.18 Å². The van der Waals surface area contributed by atoms with Crippen molar-refractivity contribution >= 4 is 11.9 Å². The molecule has 1 rings (SSSR count). The Morgan fingerprint density at radius 1 is 1.26 bits per heavy atom. The van der Waals surface area contributed by atoms with Crippen LogP contribution in [0.3, 0.4) is 0 Å². The fourth-order valence-corrected chi connectivity index (χ4v) is 2.10. The highest BCUT2D eigenvalue weighted by Crippen LogP contribution is 2.34. The van der Waals surface area contributed by atoms with E-state index in [4.69, 9.17) is 11.5 Å². The van der Waals surface area contributed by atoms with Crippen LogP contribution in [0.5, 0.6) is 0 Å². The molecule has 0 spiro atoms. The zero-order chi connectivity index (χ0) is 17.6. The first-order chi connectivity index (χ1) is 10.7. The van der Waals surface area contributed by atoms with Crippen molar-refractivity contribution < 1.29 is 18.0 Å². The van der Waals surface area contributed by atoms with Crippen molar-refractivity contribution in [3.63, 3.8) is 0 Å². The summed E-state index contributed by atoms with van der Waals surface area (Å²) in [5.41, 5.74) is 9.71. The van der Waals surface area contributed by atoms with Crippen molar-refractivity contribution in [2.45, 2.75) is 39.3 Å². The predicted octanol–water partition coefficient (Wildman–Crippen LogP) is 3.33. The summed E-state index contributed by atoms with van der Waals surface area (Å²) >= 11 is 0. The lowest BCUT2D eigenvalue weighted by Gasteiger charge is -2.15. The molecule has 1 amide bonds. The molecule has 126 valence electrons. The smallest absolute Gasteiger partial charge is 0.370 e. The van der Waals surface area contributed by atoms with Crippen LogP contribution in [-0.2, 0) is 12.6 Å². The van der Waals surface area contributed by atoms with Crippen molar-refractivity contribution in [1.29, 1.82) is 0 Å². The summed E-state index contributed by atoms with van der Waals surface area (Å²) in [5.74, 6) is -1.38. The van der Waals surface area contributed by atoms with Gasteiger partial charge in [0.15, 0.2) is 5.96 Å². The monoisotopic (exact) mass is 327 g/mol. The molecule has 23 heavy (non-hydrogen) atoms. The molecule has 0 bridgehead atoms. The second-order valence-corrected chi connectivity index (χ2v) is 5.13. The van der Waals surface area contributed by atoms with E-state index in [1.807, 2.05) is 13.0 Å². The first kappa shape index (κ1) is 18.7. The van der Waals surface area contributed by atoms with Crippen molar-refractivity contribution in [3.8, 4) is 0 Å². The van der Waals surface area contributed by atoms with E-state index >= 15 is 0 Å². The SMILES string of the molecule is CCC/C=C/Cc1cc(C)c(C(=O)N=C(N)N)cc1C(F)(F)F. The lowest BCUT2D eigenvalue weighted by molar-refractivity contribution is -0.138. The van der Waals surface area contributed by atoms with Crippen molar-refractivity contribution in [3.05, 3.63) is 46.5 Å². The van der Waals surface area contributed by atoms with E-state index in [-0.39, 0.29) is 17.5 Å². The Kier molecular flexibility index (Phi) is 6.36. The minimum Gasteiger partial charge on any atom is -0.370 e. The number of nitrogens with two attached hydrogens (primary N) is 2. The summed E-state index contributed by atoms with van der Waals surface area (Å²) in [6, 6.07) is 2.17. The molecular weight excluding hydrogens is 307 g/mol. The zero-order valence-electron chi connectivity index (χ0n) is 13.1. The lowest BCUT2D eigenvalue weighted by Crippen LogP contribution is -2.24. The van der Waals surface area contributed by atoms with Gasteiger partial charge in [0, 0.05) is 5.56 Å². The molecule has 0 unspecified atom stereocenters. The molecule has 0 aliphatic carbocycles. The number of carbonyl (C=O) groups is 1. The average molecular weight is 327 g/mol. The third-order valence-corrected chi connectivity index (χ3v) is 3.18. The van der Waals surface area contributed by atoms with Crippen LogP contribution in [0.15, 0.2) is 29.3 Å². The fourth-order valence-electron chi connectivity index (χ4n) is 2.10. The van der Waals surface area contributed by atoms with E-state index in [0.29, 0.717) is 5.56 Å². The highest BCUT2D eigenvalue weighted by molar-refractivity contribution is 6.03. The van der Waals surface area contributed by atoms with Crippen molar-refractivity contribution in [2.24, 2.45) is 16.5 Å². The second-order valence-electron chi connectivity index (χ2n) is 5.13. The molecule has 0 fully saturated rings. The van der Waals surface area contributed by atoms with Crippen LogP contribution in [-0.4, -0.2) is 11.9 Å². The molecular formula is C16H20F3N3O. The van der Waals surface area contributed by atoms with E-state index < -0.39 is 23.6 Å². The number of rotatable bonds is 5. The molecule has 1 aromatic rings. The largest absolute Gasteiger partial charge is 0.416 e. The van der Waals surface area contributed by atoms with Gasteiger partial charge in [0.2, 0.25) is 0 Å². The van der Waals surface area contributed by atoms with Gasteiger partial charge in [-0.2, -0.15) is 18.2 Å². The minimum absolute atomic E-state index is 0.114. The van der Waals surface area contributed by atoms with Gasteiger partial charge in [-0.3, -0.25) is 4.79 Å². The van der Waals surface area contributed by atoms with Crippen LogP contribution < -0.4 is 11.5 Å². The zero-order valence-corrected chi connectivity index (χ0v) is 13.1. The number of hydrogen-bond donors (Lipinski definition) is 2. The summed E-state index contributed by atoms with van der Waals surface area (Å²) in [7, 11) is 0. The fraction of sp³-hybridized carbons (Fsp3) is 0.375. The average Bonchev–Trinajstić information content (AvgIpc) is 2.41. The maximum atomic E-state index is 13.2. The summed E-state index contributed by atoms with van der Waals surface area (Å²) in [5, 5.41) is 0. The van der Waals surface area contributed by atoms with Gasteiger partial charge in [0.25, 0.3) is 5.91 Å². The van der Waals surface area contributed by atoms with Crippen molar-refractivity contribution in [1.82, 2.24) is 0 Å². The molecule has 0 aliphatic heterocycles. The maximum Gasteiger partial charge on any atom is 0.416 e. The van der Waals surface area contributed by atoms with Crippen molar-refractivity contribution in [2.75, 3.05) is 0 Å². The Balaban J connectivity index is 3.30. The molecule has 0 atom stereocenters. The van der Waals surface area contributed by atoms with Gasteiger partial charge in [0.05, 0.1) is 5.56 Å². The van der Waals surface area contributed by atoms with Crippen LogP contribution in [0.25, 0.3) is 0 Å². The molecule has 4 N–H and O–H groups in total. The van der Waals surface area contributed by atoms with E-state index in [9.17, 15) is 18.0 Å².